The molecule has 1 aromatic heterocycles. The molecule has 0 saturated carbocycles. The third-order valence-electron chi connectivity index (χ3n) is 7.09. The zero-order valence-corrected chi connectivity index (χ0v) is 21.6. The van der Waals surface area contributed by atoms with Crippen LogP contribution < -0.4 is 4.90 Å². The van der Waals surface area contributed by atoms with E-state index in [4.69, 9.17) is 5.10 Å². The summed E-state index contributed by atoms with van der Waals surface area (Å²) in [5.74, 6) is 0.921. The third-order valence-corrected chi connectivity index (χ3v) is 7.09. The van der Waals surface area contributed by atoms with Crippen LogP contribution in [-0.2, 0) is 19.4 Å². The molecule has 5 nitrogen and oxygen atoms in total. The molecule has 188 valence electrons. The molecule has 0 spiro atoms. The van der Waals surface area contributed by atoms with Crippen molar-refractivity contribution in [2.24, 2.45) is 0 Å². The molecule has 0 unspecified atom stereocenters. The van der Waals surface area contributed by atoms with Gasteiger partial charge in [0, 0.05) is 44.8 Å². The van der Waals surface area contributed by atoms with Gasteiger partial charge in [-0.1, -0.05) is 63.6 Å². The Labute approximate surface area is 210 Å². The van der Waals surface area contributed by atoms with Crippen LogP contribution in [0.15, 0.2) is 54.6 Å². The summed E-state index contributed by atoms with van der Waals surface area (Å²) < 4.78 is 16.2. The van der Waals surface area contributed by atoms with E-state index in [9.17, 15) is 4.39 Å². The first-order chi connectivity index (χ1) is 17.1. The number of rotatable bonds is 11. The van der Waals surface area contributed by atoms with Gasteiger partial charge in [-0.15, -0.1) is 0 Å². The van der Waals surface area contributed by atoms with E-state index in [0.29, 0.717) is 0 Å². The van der Waals surface area contributed by atoms with Crippen molar-refractivity contribution in [3.05, 3.63) is 77.2 Å². The molecule has 0 aliphatic carbocycles. The van der Waals surface area contributed by atoms with Gasteiger partial charge in [-0.05, 0) is 49.7 Å². The molecule has 2 aromatic carbocycles. The number of benzene rings is 2. The van der Waals surface area contributed by atoms with Crippen LogP contribution >= 0.6 is 0 Å². The number of aromatic nitrogens is 2. The predicted octanol–water partition coefficient (Wildman–Crippen LogP) is 5.17. The summed E-state index contributed by atoms with van der Waals surface area (Å²) in [5.41, 5.74) is 4.61. The van der Waals surface area contributed by atoms with Crippen molar-refractivity contribution in [3.63, 3.8) is 0 Å². The molecular formula is C29H40FN5. The van der Waals surface area contributed by atoms with Crippen LogP contribution in [0.2, 0.25) is 0 Å². The van der Waals surface area contributed by atoms with Crippen LogP contribution in [0.5, 0.6) is 0 Å². The number of aryl methyl sites for hydroxylation is 1. The maximum atomic E-state index is 14.2. The van der Waals surface area contributed by atoms with E-state index < -0.39 is 0 Å². The number of hydrogen-bond acceptors (Lipinski definition) is 4. The Kier molecular flexibility index (Phi) is 8.94. The fourth-order valence-corrected chi connectivity index (χ4v) is 4.98. The van der Waals surface area contributed by atoms with Gasteiger partial charge in [0.25, 0.3) is 0 Å². The van der Waals surface area contributed by atoms with Gasteiger partial charge in [0.2, 0.25) is 0 Å². The van der Waals surface area contributed by atoms with E-state index in [1.54, 1.807) is 12.1 Å². The average Bonchev–Trinajstić information content (AvgIpc) is 3.25. The molecule has 0 atom stereocenters. The molecule has 1 saturated heterocycles. The van der Waals surface area contributed by atoms with Crippen molar-refractivity contribution in [1.82, 2.24) is 19.6 Å². The zero-order chi connectivity index (χ0) is 24.6. The van der Waals surface area contributed by atoms with E-state index in [1.165, 1.54) is 17.2 Å². The second kappa shape index (κ2) is 12.3. The van der Waals surface area contributed by atoms with Gasteiger partial charge in [0.15, 0.2) is 0 Å². The van der Waals surface area contributed by atoms with Crippen LogP contribution in [0.4, 0.5) is 10.2 Å². The fraction of sp³-hybridized carbons (Fsp3) is 0.483. The summed E-state index contributed by atoms with van der Waals surface area (Å²) in [6.45, 7) is 14.6. The molecule has 4 rings (SSSR count). The normalized spacial score (nSPS) is 14.7. The minimum Gasteiger partial charge on any atom is -0.354 e. The van der Waals surface area contributed by atoms with Crippen molar-refractivity contribution in [1.29, 1.82) is 0 Å². The summed E-state index contributed by atoms with van der Waals surface area (Å²) in [5, 5.41) is 5.10. The molecule has 0 radical (unpaired) electrons. The Morgan fingerprint density at radius 3 is 2.34 bits per heavy atom. The molecular weight excluding hydrogens is 437 g/mol. The lowest BCUT2D eigenvalue weighted by molar-refractivity contribution is 0.267. The molecule has 2 heterocycles. The van der Waals surface area contributed by atoms with E-state index in [0.717, 1.165) is 88.8 Å². The van der Waals surface area contributed by atoms with Crippen LogP contribution in [0.3, 0.4) is 0 Å². The summed E-state index contributed by atoms with van der Waals surface area (Å²) >= 11 is 0. The topological polar surface area (TPSA) is 27.5 Å². The zero-order valence-electron chi connectivity index (χ0n) is 21.6. The van der Waals surface area contributed by atoms with Crippen LogP contribution in [0.1, 0.15) is 44.0 Å². The first-order valence-electron chi connectivity index (χ1n) is 13.2. The second-order valence-electron chi connectivity index (χ2n) is 9.42. The van der Waals surface area contributed by atoms with Gasteiger partial charge in [0.05, 0.1) is 11.4 Å². The minimum atomic E-state index is -0.226. The SMILES string of the molecule is CCCc1nn(-c2cccc(F)c2)c(N2CCN(CC)CC2)c1CN(CC)CCc1ccccc1. The Balaban J connectivity index is 1.69. The number of hydrogen-bond donors (Lipinski definition) is 0. The number of piperazine rings is 1. The molecule has 1 aliphatic rings. The molecule has 0 amide bonds. The first-order valence-corrected chi connectivity index (χ1v) is 13.2. The second-order valence-corrected chi connectivity index (χ2v) is 9.42. The highest BCUT2D eigenvalue weighted by Crippen LogP contribution is 2.31. The van der Waals surface area contributed by atoms with Gasteiger partial charge in [-0.25, -0.2) is 9.07 Å². The monoisotopic (exact) mass is 477 g/mol. The molecule has 35 heavy (non-hydrogen) atoms. The van der Waals surface area contributed by atoms with E-state index in [-0.39, 0.29) is 5.82 Å². The largest absolute Gasteiger partial charge is 0.354 e. The number of nitrogens with zero attached hydrogens (tertiary/aromatic N) is 5. The van der Waals surface area contributed by atoms with Gasteiger partial charge in [-0.3, -0.25) is 4.90 Å². The van der Waals surface area contributed by atoms with Gasteiger partial charge < -0.3 is 9.80 Å². The Morgan fingerprint density at radius 2 is 1.69 bits per heavy atom. The number of anilines is 1. The standard InChI is InChI=1S/C29H40FN5/c1-4-11-28-27(23-33(6-3)17-16-24-12-8-7-9-13-24)29(34-20-18-32(5-2)19-21-34)35(31-28)26-15-10-14-25(30)22-26/h7-10,12-15,22H,4-6,11,16-21,23H2,1-3H3. The van der Waals surface area contributed by atoms with Gasteiger partial charge in [0.1, 0.15) is 11.6 Å². The Morgan fingerprint density at radius 1 is 0.914 bits per heavy atom. The van der Waals surface area contributed by atoms with E-state index in [2.05, 4.69) is 65.8 Å². The summed E-state index contributed by atoms with van der Waals surface area (Å²) in [4.78, 5) is 7.48. The summed E-state index contributed by atoms with van der Waals surface area (Å²) in [6.07, 6.45) is 2.99. The van der Waals surface area contributed by atoms with Gasteiger partial charge in [-0.2, -0.15) is 5.10 Å². The Bertz CT molecular complexity index is 1060. The predicted molar refractivity (Wildman–Crippen MR) is 143 cm³/mol. The molecule has 6 heteroatoms. The van der Waals surface area contributed by atoms with Crippen molar-refractivity contribution in [2.75, 3.05) is 50.7 Å². The molecule has 1 aliphatic heterocycles. The molecule has 3 aromatic rings. The maximum Gasteiger partial charge on any atom is 0.137 e. The highest BCUT2D eigenvalue weighted by molar-refractivity contribution is 5.56. The van der Waals surface area contributed by atoms with Crippen LogP contribution in [0, 0.1) is 5.82 Å². The fourth-order valence-electron chi connectivity index (χ4n) is 4.98. The highest BCUT2D eigenvalue weighted by atomic mass is 19.1. The Hall–Kier alpha value is -2.70. The van der Waals surface area contributed by atoms with Crippen molar-refractivity contribution in [3.8, 4) is 5.69 Å². The van der Waals surface area contributed by atoms with E-state index >= 15 is 0 Å². The highest BCUT2D eigenvalue weighted by Gasteiger charge is 2.27. The maximum absolute atomic E-state index is 14.2. The lowest BCUT2D eigenvalue weighted by atomic mass is 10.1. The van der Waals surface area contributed by atoms with Crippen molar-refractivity contribution < 1.29 is 4.39 Å². The molecule has 0 bridgehead atoms. The summed E-state index contributed by atoms with van der Waals surface area (Å²) in [6, 6.07) is 17.6. The first kappa shape index (κ1) is 25.4. The van der Waals surface area contributed by atoms with Crippen LogP contribution in [-0.4, -0.2) is 65.4 Å². The third kappa shape index (κ3) is 6.30. The van der Waals surface area contributed by atoms with Crippen molar-refractivity contribution >= 4 is 5.82 Å². The minimum absolute atomic E-state index is 0.226. The number of halogens is 1. The lowest BCUT2D eigenvalue weighted by Crippen LogP contribution is -2.47. The average molecular weight is 478 g/mol. The lowest BCUT2D eigenvalue weighted by Gasteiger charge is -2.36. The quantitative estimate of drug-likeness (QED) is 0.381. The van der Waals surface area contributed by atoms with Crippen LogP contribution in [0.25, 0.3) is 5.69 Å². The van der Waals surface area contributed by atoms with Crippen molar-refractivity contribution in [2.45, 2.75) is 46.6 Å². The van der Waals surface area contributed by atoms with E-state index in [1.807, 2.05) is 10.7 Å². The number of likely N-dealkylation sites (N-methyl/N-ethyl adjacent to an activating group) is 2. The molecule has 0 N–H and O–H groups in total. The summed E-state index contributed by atoms with van der Waals surface area (Å²) in [7, 11) is 0. The molecule has 1 fully saturated rings. The van der Waals surface area contributed by atoms with Gasteiger partial charge >= 0.3 is 0 Å². The smallest absolute Gasteiger partial charge is 0.137 e.